The average Bonchev–Trinajstić information content (AvgIpc) is 4.05. The fourth-order valence-corrected chi connectivity index (χ4v) is 11.7. The van der Waals surface area contributed by atoms with E-state index < -0.39 is 0 Å². The lowest BCUT2D eigenvalue weighted by Gasteiger charge is -2.28. The van der Waals surface area contributed by atoms with Gasteiger partial charge >= 0.3 is 0 Å². The second kappa shape index (κ2) is 12.7. The van der Waals surface area contributed by atoms with Gasteiger partial charge in [0.2, 0.25) is 0 Å². The van der Waals surface area contributed by atoms with Crippen molar-refractivity contribution in [2.24, 2.45) is 0 Å². The molecule has 59 heavy (non-hydrogen) atoms. The molecule has 0 spiro atoms. The third-order valence-corrected chi connectivity index (χ3v) is 14.3. The summed E-state index contributed by atoms with van der Waals surface area (Å²) in [4.78, 5) is 2.46. The number of hydrogen-bond donors (Lipinski definition) is 0. The van der Waals surface area contributed by atoms with Crippen molar-refractivity contribution in [3.8, 4) is 16.8 Å². The van der Waals surface area contributed by atoms with Crippen molar-refractivity contribution in [1.82, 2.24) is 4.57 Å². The van der Waals surface area contributed by atoms with Gasteiger partial charge in [0.1, 0.15) is 5.58 Å². The van der Waals surface area contributed by atoms with E-state index in [1.807, 2.05) is 22.7 Å². The Morgan fingerprint density at radius 2 is 0.949 bits per heavy atom. The first-order valence-electron chi connectivity index (χ1n) is 19.9. The van der Waals surface area contributed by atoms with Crippen LogP contribution in [0.2, 0.25) is 0 Å². The highest BCUT2D eigenvalue weighted by Crippen LogP contribution is 2.51. The van der Waals surface area contributed by atoms with E-state index in [4.69, 9.17) is 4.42 Å². The zero-order valence-electron chi connectivity index (χ0n) is 31.6. The summed E-state index contributed by atoms with van der Waals surface area (Å²) in [6.07, 6.45) is 0. The van der Waals surface area contributed by atoms with Gasteiger partial charge in [-0.25, -0.2) is 0 Å². The largest absolute Gasteiger partial charge is 0.454 e. The number of furan rings is 1. The highest BCUT2D eigenvalue weighted by molar-refractivity contribution is 7.26. The molecule has 0 bridgehead atoms. The molecule has 0 radical (unpaired) electrons. The maximum absolute atomic E-state index is 7.08. The van der Waals surface area contributed by atoms with Crippen LogP contribution in [0.4, 0.5) is 17.1 Å². The van der Waals surface area contributed by atoms with Crippen molar-refractivity contribution >= 4 is 124 Å². The van der Waals surface area contributed by atoms with Crippen LogP contribution in [0.3, 0.4) is 0 Å². The van der Waals surface area contributed by atoms with E-state index in [-0.39, 0.29) is 0 Å². The Morgan fingerprint density at radius 1 is 0.390 bits per heavy atom. The fourth-order valence-electron chi connectivity index (χ4n) is 9.41. The van der Waals surface area contributed by atoms with Crippen LogP contribution in [-0.2, 0) is 0 Å². The summed E-state index contributed by atoms with van der Waals surface area (Å²) in [5, 5.41) is 9.75. The highest BCUT2D eigenvalue weighted by Gasteiger charge is 2.27. The summed E-state index contributed by atoms with van der Waals surface area (Å²) in [7, 11) is 0. The van der Waals surface area contributed by atoms with Crippen LogP contribution in [0.5, 0.6) is 0 Å². The van der Waals surface area contributed by atoms with Crippen LogP contribution < -0.4 is 4.90 Å². The number of fused-ring (bicyclic) bond motifs is 12. The van der Waals surface area contributed by atoms with Crippen LogP contribution in [0, 0.1) is 0 Å². The predicted molar refractivity (Wildman–Crippen MR) is 254 cm³/mol. The first-order chi connectivity index (χ1) is 29.3. The van der Waals surface area contributed by atoms with Crippen molar-refractivity contribution in [2.75, 3.05) is 4.90 Å². The maximum Gasteiger partial charge on any atom is 0.160 e. The second-order valence-corrected chi connectivity index (χ2v) is 17.4. The van der Waals surface area contributed by atoms with E-state index in [1.165, 1.54) is 56.6 Å². The Bertz CT molecular complexity index is 3700. The van der Waals surface area contributed by atoms with Gasteiger partial charge in [0.15, 0.2) is 5.58 Å². The van der Waals surface area contributed by atoms with E-state index in [0.29, 0.717) is 0 Å². The standard InChI is InChI=1S/C54H32N2OS2/c1-2-13-33(14-3-1)56-46-21-8-4-15-36(46)42-19-12-20-43(52(42)56)44-29-30-45-37-16-5-9-22-47(37)57-54(45)53(44)55(34-25-27-40-38-17-6-10-23-48(38)58-50(40)31-34)35-26-28-41-39-18-7-11-24-49(39)59-51(41)32-35/h1-32H. The van der Waals surface area contributed by atoms with Crippen LogP contribution >= 0.6 is 22.7 Å². The lowest BCUT2D eigenvalue weighted by atomic mass is 9.96. The van der Waals surface area contributed by atoms with Gasteiger partial charge in [-0.05, 0) is 66.7 Å². The van der Waals surface area contributed by atoms with Crippen LogP contribution in [0.1, 0.15) is 0 Å². The first kappa shape index (κ1) is 32.9. The third-order valence-electron chi connectivity index (χ3n) is 12.0. The molecule has 4 aromatic heterocycles. The minimum Gasteiger partial charge on any atom is -0.454 e. The predicted octanol–water partition coefficient (Wildman–Crippen LogP) is 16.6. The zero-order valence-corrected chi connectivity index (χ0v) is 33.2. The van der Waals surface area contributed by atoms with E-state index in [0.717, 1.165) is 61.3 Å². The van der Waals surface area contributed by atoms with Gasteiger partial charge in [0.25, 0.3) is 0 Å². The SMILES string of the molecule is c1ccc(-n2c3ccccc3c3cccc(-c4ccc5c(oc6ccccc65)c4N(c4ccc5c(c4)sc4ccccc45)c4ccc5c(c4)sc4ccccc45)c32)cc1. The molecule has 5 heteroatoms. The molecule has 4 heterocycles. The van der Waals surface area contributed by atoms with Crippen molar-refractivity contribution < 1.29 is 4.42 Å². The van der Waals surface area contributed by atoms with Crippen LogP contribution in [-0.4, -0.2) is 4.57 Å². The van der Waals surface area contributed by atoms with Gasteiger partial charge in [-0.2, -0.15) is 0 Å². The molecule has 276 valence electrons. The molecule has 0 aliphatic carbocycles. The Kier molecular flexibility index (Phi) is 7.05. The molecule has 13 aromatic rings. The number of thiophene rings is 2. The molecule has 0 saturated carbocycles. The molecular weight excluding hydrogens is 757 g/mol. The highest BCUT2D eigenvalue weighted by atomic mass is 32.1. The van der Waals surface area contributed by atoms with Crippen molar-refractivity contribution in [2.45, 2.75) is 0 Å². The summed E-state index contributed by atoms with van der Waals surface area (Å²) >= 11 is 3.70. The molecule has 13 rings (SSSR count). The van der Waals surface area contributed by atoms with Gasteiger partial charge in [0.05, 0.1) is 16.7 Å². The molecule has 0 fully saturated rings. The third kappa shape index (κ3) is 4.86. The molecule has 0 aliphatic rings. The monoisotopic (exact) mass is 788 g/mol. The summed E-state index contributed by atoms with van der Waals surface area (Å²) in [6.45, 7) is 0. The van der Waals surface area contributed by atoms with Crippen molar-refractivity contribution in [3.05, 3.63) is 194 Å². The van der Waals surface area contributed by atoms with Crippen LogP contribution in [0.15, 0.2) is 199 Å². The van der Waals surface area contributed by atoms with E-state index in [2.05, 4.69) is 204 Å². The Labute approximate surface area is 346 Å². The number of benzene rings is 9. The quantitative estimate of drug-likeness (QED) is 0.173. The Morgan fingerprint density at radius 3 is 1.66 bits per heavy atom. The van der Waals surface area contributed by atoms with Crippen molar-refractivity contribution in [1.29, 1.82) is 0 Å². The lowest BCUT2D eigenvalue weighted by Crippen LogP contribution is -2.12. The molecule has 3 nitrogen and oxygen atoms in total. The zero-order chi connectivity index (χ0) is 38.6. The topological polar surface area (TPSA) is 21.3 Å². The number of rotatable bonds is 5. The smallest absolute Gasteiger partial charge is 0.160 e. The Balaban J connectivity index is 1.18. The van der Waals surface area contributed by atoms with Crippen molar-refractivity contribution in [3.63, 3.8) is 0 Å². The Hall–Kier alpha value is -7.18. The summed E-state index contributed by atoms with van der Waals surface area (Å²) in [5.41, 5.74) is 10.6. The molecule has 0 amide bonds. The van der Waals surface area contributed by atoms with E-state index >= 15 is 0 Å². The number of aromatic nitrogens is 1. The number of anilines is 3. The van der Waals surface area contributed by atoms with Gasteiger partial charge in [-0.3, -0.25) is 0 Å². The summed E-state index contributed by atoms with van der Waals surface area (Å²) < 4.78 is 14.6. The first-order valence-corrected chi connectivity index (χ1v) is 21.6. The number of nitrogens with zero attached hydrogens (tertiary/aromatic N) is 2. The lowest BCUT2D eigenvalue weighted by molar-refractivity contribution is 0.669. The summed E-state index contributed by atoms with van der Waals surface area (Å²) in [6, 6.07) is 70.7. The molecule has 0 N–H and O–H groups in total. The molecular formula is C54H32N2OS2. The van der Waals surface area contributed by atoms with Gasteiger partial charge in [-0.1, -0.05) is 127 Å². The van der Waals surface area contributed by atoms with Gasteiger partial charge < -0.3 is 13.9 Å². The molecule has 0 aliphatic heterocycles. The average molecular weight is 789 g/mol. The molecule has 0 atom stereocenters. The van der Waals surface area contributed by atoms with E-state index in [9.17, 15) is 0 Å². The van der Waals surface area contributed by atoms with Crippen LogP contribution in [0.25, 0.3) is 101 Å². The maximum atomic E-state index is 7.08. The van der Waals surface area contributed by atoms with E-state index in [1.54, 1.807) is 0 Å². The normalized spacial score (nSPS) is 12.1. The number of para-hydroxylation sites is 4. The molecule has 9 aromatic carbocycles. The minimum atomic E-state index is 0.857. The molecule has 0 unspecified atom stereocenters. The fraction of sp³-hybridized carbons (Fsp3) is 0. The summed E-state index contributed by atoms with van der Waals surface area (Å²) in [5.74, 6) is 0. The van der Waals surface area contributed by atoms with Gasteiger partial charge in [0, 0.05) is 90.1 Å². The second-order valence-electron chi connectivity index (χ2n) is 15.2. The molecule has 0 saturated heterocycles. The minimum absolute atomic E-state index is 0.857. The van der Waals surface area contributed by atoms with Gasteiger partial charge in [-0.15, -0.1) is 22.7 Å². The number of hydrogen-bond acceptors (Lipinski definition) is 4.